The van der Waals surface area contributed by atoms with Crippen LogP contribution in [0.4, 0.5) is 0 Å². The molecule has 0 aromatic carbocycles. The molecule has 1 saturated heterocycles. The lowest BCUT2D eigenvalue weighted by atomic mass is 9.96. The highest BCUT2D eigenvalue weighted by molar-refractivity contribution is 7.99. The van der Waals surface area contributed by atoms with Gasteiger partial charge in [-0.05, 0) is 23.3 Å². The molecule has 0 unspecified atom stereocenters. The number of nitrogens with one attached hydrogen (secondary N) is 1. The van der Waals surface area contributed by atoms with E-state index >= 15 is 0 Å². The number of thioether (sulfide) groups is 1. The zero-order valence-electron chi connectivity index (χ0n) is 11.2. The molecule has 1 fully saturated rings. The van der Waals surface area contributed by atoms with E-state index in [1.165, 1.54) is 16.4 Å². The van der Waals surface area contributed by atoms with E-state index < -0.39 is 0 Å². The Labute approximate surface area is 120 Å². The van der Waals surface area contributed by atoms with Gasteiger partial charge in [0.15, 0.2) is 0 Å². The number of amides is 2. The minimum atomic E-state index is -0.156. The predicted molar refractivity (Wildman–Crippen MR) is 71.2 cm³/mol. The number of carbonyl (C=O) groups is 2. The number of nitrogens with two attached hydrogens (primary N) is 1. The molecule has 0 bridgehead atoms. The summed E-state index contributed by atoms with van der Waals surface area (Å²) in [5.41, 5.74) is 2.16. The third-order valence-corrected chi connectivity index (χ3v) is 4.26. The highest BCUT2D eigenvalue weighted by Gasteiger charge is 2.26. The van der Waals surface area contributed by atoms with Crippen molar-refractivity contribution in [3.8, 4) is 0 Å². The van der Waals surface area contributed by atoms with Gasteiger partial charge < -0.3 is 4.90 Å². The Hall–Kier alpha value is -1.68. The van der Waals surface area contributed by atoms with Gasteiger partial charge in [-0.25, -0.2) is 10.5 Å². The van der Waals surface area contributed by atoms with Crippen LogP contribution in [-0.2, 0) is 16.6 Å². The summed E-state index contributed by atoms with van der Waals surface area (Å²) < 4.78 is 1.52. The fraction of sp³-hybridized carbons (Fsp3) is 0.700. The number of hydrogen-bond acceptors (Lipinski definition) is 7. The maximum atomic E-state index is 12.1. The first kappa shape index (κ1) is 14.7. The van der Waals surface area contributed by atoms with E-state index in [9.17, 15) is 9.59 Å². The Morgan fingerprint density at radius 3 is 2.70 bits per heavy atom. The topological polar surface area (TPSA) is 119 Å². The Bertz CT molecular complexity index is 484. The van der Waals surface area contributed by atoms with Gasteiger partial charge in [0.25, 0.3) is 0 Å². The summed E-state index contributed by atoms with van der Waals surface area (Å²) in [6, 6.07) is 0. The van der Waals surface area contributed by atoms with Crippen molar-refractivity contribution in [2.45, 2.75) is 18.0 Å². The molecule has 3 N–H and O–H groups in total. The van der Waals surface area contributed by atoms with Crippen molar-refractivity contribution >= 4 is 23.6 Å². The average Bonchev–Trinajstić information content (AvgIpc) is 2.89. The molecule has 0 saturated carbocycles. The van der Waals surface area contributed by atoms with Gasteiger partial charge in [0.05, 0.1) is 5.75 Å². The maximum absolute atomic E-state index is 12.1. The molecule has 2 amide bonds. The summed E-state index contributed by atoms with van der Waals surface area (Å²) in [6.07, 6.45) is 1.29. The third-order valence-electron chi connectivity index (χ3n) is 3.27. The summed E-state index contributed by atoms with van der Waals surface area (Å²) in [7, 11) is 1.73. The van der Waals surface area contributed by atoms with Crippen LogP contribution >= 0.6 is 11.8 Å². The molecule has 0 aliphatic carbocycles. The zero-order valence-corrected chi connectivity index (χ0v) is 12.0. The van der Waals surface area contributed by atoms with Crippen molar-refractivity contribution in [1.82, 2.24) is 30.5 Å². The minimum Gasteiger partial charge on any atom is -0.342 e. The van der Waals surface area contributed by atoms with Crippen molar-refractivity contribution in [1.29, 1.82) is 0 Å². The molecule has 20 heavy (non-hydrogen) atoms. The minimum absolute atomic E-state index is 0.0320. The molecule has 0 radical (unpaired) electrons. The van der Waals surface area contributed by atoms with Crippen molar-refractivity contribution in [3.05, 3.63) is 0 Å². The average molecular weight is 299 g/mol. The van der Waals surface area contributed by atoms with E-state index in [4.69, 9.17) is 5.84 Å². The van der Waals surface area contributed by atoms with Gasteiger partial charge in [0, 0.05) is 26.1 Å². The fourth-order valence-corrected chi connectivity index (χ4v) is 2.82. The molecule has 0 spiro atoms. The van der Waals surface area contributed by atoms with Gasteiger partial charge in [-0.2, -0.15) is 0 Å². The van der Waals surface area contributed by atoms with E-state index in [1.807, 2.05) is 0 Å². The molecule has 110 valence electrons. The summed E-state index contributed by atoms with van der Waals surface area (Å²) in [5, 5.41) is 11.6. The molecular weight excluding hydrogens is 282 g/mol. The van der Waals surface area contributed by atoms with Crippen LogP contribution in [0.3, 0.4) is 0 Å². The largest absolute Gasteiger partial charge is 0.342 e. The Balaban J connectivity index is 1.77. The van der Waals surface area contributed by atoms with Gasteiger partial charge in [-0.3, -0.25) is 15.0 Å². The smallest absolute Gasteiger partial charge is 0.237 e. The molecule has 9 nitrogen and oxygen atoms in total. The fourth-order valence-electron chi connectivity index (χ4n) is 2.07. The molecule has 1 aliphatic rings. The van der Waals surface area contributed by atoms with Crippen molar-refractivity contribution in [3.63, 3.8) is 0 Å². The number of nitrogens with zero attached hydrogens (tertiary/aromatic N) is 5. The maximum Gasteiger partial charge on any atom is 0.237 e. The normalized spacial score (nSPS) is 16.2. The van der Waals surface area contributed by atoms with Crippen LogP contribution in [0.1, 0.15) is 12.8 Å². The lowest BCUT2D eigenvalue weighted by Crippen LogP contribution is -2.45. The molecule has 2 rings (SSSR count). The van der Waals surface area contributed by atoms with Crippen molar-refractivity contribution < 1.29 is 9.59 Å². The number of carbonyl (C=O) groups excluding carboxylic acids is 2. The zero-order chi connectivity index (χ0) is 14.5. The van der Waals surface area contributed by atoms with Gasteiger partial charge in [0.1, 0.15) is 0 Å². The third kappa shape index (κ3) is 3.45. The number of aryl methyl sites for hydroxylation is 1. The molecular formula is C10H17N7O2S. The lowest BCUT2D eigenvalue weighted by molar-refractivity contribution is -0.133. The molecule has 0 atom stereocenters. The molecule has 10 heteroatoms. The Morgan fingerprint density at radius 2 is 2.15 bits per heavy atom. The van der Waals surface area contributed by atoms with Crippen LogP contribution in [0.15, 0.2) is 5.16 Å². The molecule has 2 heterocycles. The van der Waals surface area contributed by atoms with E-state index in [0.717, 1.165) is 0 Å². The second-order valence-electron chi connectivity index (χ2n) is 4.54. The highest BCUT2D eigenvalue weighted by atomic mass is 32.2. The van der Waals surface area contributed by atoms with Gasteiger partial charge >= 0.3 is 0 Å². The number of rotatable bonds is 4. The molecule has 1 aromatic heterocycles. The quantitative estimate of drug-likeness (QED) is 0.301. The molecule has 1 aliphatic heterocycles. The first-order valence-corrected chi connectivity index (χ1v) is 7.23. The van der Waals surface area contributed by atoms with Crippen LogP contribution in [0.5, 0.6) is 0 Å². The number of hydrogen-bond donors (Lipinski definition) is 2. The van der Waals surface area contributed by atoms with Crippen LogP contribution in [0.25, 0.3) is 0 Å². The summed E-state index contributed by atoms with van der Waals surface area (Å²) in [4.78, 5) is 25.2. The predicted octanol–water partition coefficient (Wildman–Crippen LogP) is -1.47. The first-order chi connectivity index (χ1) is 9.61. The Kier molecular flexibility index (Phi) is 4.90. The van der Waals surface area contributed by atoms with E-state index in [-0.39, 0.29) is 17.7 Å². The number of aromatic nitrogens is 4. The van der Waals surface area contributed by atoms with Gasteiger partial charge in [0.2, 0.25) is 17.0 Å². The highest BCUT2D eigenvalue weighted by Crippen LogP contribution is 2.19. The summed E-state index contributed by atoms with van der Waals surface area (Å²) in [5.74, 6) is 5.18. The van der Waals surface area contributed by atoms with Crippen LogP contribution in [-0.4, -0.2) is 55.8 Å². The van der Waals surface area contributed by atoms with Crippen LogP contribution < -0.4 is 11.3 Å². The Morgan fingerprint density at radius 1 is 1.45 bits per heavy atom. The number of likely N-dealkylation sites (tertiary alicyclic amines) is 1. The van der Waals surface area contributed by atoms with Gasteiger partial charge in [-0.15, -0.1) is 5.10 Å². The summed E-state index contributed by atoms with van der Waals surface area (Å²) in [6.45, 7) is 1.16. The number of hydrazine groups is 1. The molecule has 1 aromatic rings. The SMILES string of the molecule is Cn1nnnc1SCC(=O)N1CCC(C(=O)NN)CC1. The monoisotopic (exact) mass is 299 g/mol. The van der Waals surface area contributed by atoms with E-state index in [1.54, 1.807) is 11.9 Å². The first-order valence-electron chi connectivity index (χ1n) is 6.25. The van der Waals surface area contributed by atoms with Crippen molar-refractivity contribution in [2.24, 2.45) is 18.8 Å². The van der Waals surface area contributed by atoms with Crippen LogP contribution in [0, 0.1) is 5.92 Å². The second kappa shape index (κ2) is 6.66. The van der Waals surface area contributed by atoms with Crippen LogP contribution in [0.2, 0.25) is 0 Å². The van der Waals surface area contributed by atoms with E-state index in [2.05, 4.69) is 21.0 Å². The summed E-state index contributed by atoms with van der Waals surface area (Å²) >= 11 is 1.30. The second-order valence-corrected chi connectivity index (χ2v) is 5.48. The number of tetrazole rings is 1. The lowest BCUT2D eigenvalue weighted by Gasteiger charge is -2.30. The number of piperidine rings is 1. The van der Waals surface area contributed by atoms with Crippen molar-refractivity contribution in [2.75, 3.05) is 18.8 Å². The van der Waals surface area contributed by atoms with Gasteiger partial charge in [-0.1, -0.05) is 11.8 Å². The van der Waals surface area contributed by atoms with E-state index in [0.29, 0.717) is 36.8 Å². The standard InChI is InChI=1S/C10H17N7O2S/c1-16-10(13-14-15-16)20-6-8(18)17-4-2-7(3-5-17)9(19)12-11/h7H,2-6,11H2,1H3,(H,12,19).